The molecule has 0 amide bonds. The zero-order valence-electron chi connectivity index (χ0n) is 16.2. The van der Waals surface area contributed by atoms with Crippen molar-refractivity contribution in [2.24, 2.45) is 0 Å². The van der Waals surface area contributed by atoms with Gasteiger partial charge in [-0.1, -0.05) is 90.0 Å². The lowest BCUT2D eigenvalue weighted by Gasteiger charge is -2.28. The maximum Gasteiger partial charge on any atom is 0.0824 e. The third-order valence-electron chi connectivity index (χ3n) is 5.28. The molecular formula is C25H24Cl2N2. The molecule has 3 aromatic carbocycles. The van der Waals surface area contributed by atoms with Gasteiger partial charge in [-0.25, -0.2) is 0 Å². The third-order valence-corrected chi connectivity index (χ3v) is 5.78. The first-order chi connectivity index (χ1) is 14.2. The van der Waals surface area contributed by atoms with Gasteiger partial charge in [0, 0.05) is 36.2 Å². The van der Waals surface area contributed by atoms with Crippen LogP contribution in [0.5, 0.6) is 0 Å². The van der Waals surface area contributed by atoms with Crippen molar-refractivity contribution in [1.82, 2.24) is 9.80 Å². The fourth-order valence-electron chi connectivity index (χ4n) is 3.75. The first-order valence-corrected chi connectivity index (χ1v) is 10.6. The van der Waals surface area contributed by atoms with Gasteiger partial charge >= 0.3 is 0 Å². The predicted octanol–water partition coefficient (Wildman–Crippen LogP) is 6.35. The average Bonchev–Trinajstić information content (AvgIpc) is 3.11. The fourth-order valence-corrected chi connectivity index (χ4v) is 4.00. The molecule has 1 saturated heterocycles. The molecule has 0 spiro atoms. The molecule has 0 bridgehead atoms. The van der Waals surface area contributed by atoms with Gasteiger partial charge in [0.05, 0.1) is 6.17 Å². The van der Waals surface area contributed by atoms with Crippen molar-refractivity contribution in [3.63, 3.8) is 0 Å². The van der Waals surface area contributed by atoms with Crippen LogP contribution in [-0.2, 0) is 13.1 Å². The van der Waals surface area contributed by atoms with Crippen LogP contribution >= 0.6 is 23.2 Å². The summed E-state index contributed by atoms with van der Waals surface area (Å²) in [4.78, 5) is 5.02. The van der Waals surface area contributed by atoms with Gasteiger partial charge in [0.2, 0.25) is 0 Å². The zero-order chi connectivity index (χ0) is 20.1. The molecule has 0 aliphatic carbocycles. The van der Waals surface area contributed by atoms with Crippen LogP contribution in [0.25, 0.3) is 6.08 Å². The first kappa shape index (κ1) is 20.2. The summed E-state index contributed by atoms with van der Waals surface area (Å²) in [6.07, 6.45) is 4.77. The molecule has 148 valence electrons. The lowest BCUT2D eigenvalue weighted by Crippen LogP contribution is -2.36. The van der Waals surface area contributed by atoms with Gasteiger partial charge in [-0.15, -0.1) is 0 Å². The maximum absolute atomic E-state index is 6.06. The van der Waals surface area contributed by atoms with Crippen molar-refractivity contribution in [2.75, 3.05) is 13.1 Å². The summed E-state index contributed by atoms with van der Waals surface area (Å²) in [5, 5.41) is 1.56. The van der Waals surface area contributed by atoms with E-state index in [2.05, 4.69) is 70.5 Å². The molecule has 1 heterocycles. The largest absolute Gasteiger partial charge is 0.279 e. The highest BCUT2D eigenvalue weighted by molar-refractivity contribution is 6.30. The summed E-state index contributed by atoms with van der Waals surface area (Å²) >= 11 is 12.1. The van der Waals surface area contributed by atoms with Gasteiger partial charge in [-0.05, 0) is 41.0 Å². The molecule has 0 saturated carbocycles. The minimum Gasteiger partial charge on any atom is -0.279 e. The van der Waals surface area contributed by atoms with Crippen molar-refractivity contribution < 1.29 is 0 Å². The molecule has 3 aromatic rings. The molecule has 1 aliphatic rings. The van der Waals surface area contributed by atoms with E-state index >= 15 is 0 Å². The molecule has 1 aliphatic heterocycles. The Kier molecular flexibility index (Phi) is 6.68. The summed E-state index contributed by atoms with van der Waals surface area (Å²) in [6, 6.07) is 26.8. The smallest absolute Gasteiger partial charge is 0.0824 e. The number of hydrogen-bond donors (Lipinski definition) is 0. The molecule has 1 fully saturated rings. The Balaban J connectivity index is 1.54. The van der Waals surface area contributed by atoms with Crippen LogP contribution in [0.2, 0.25) is 10.0 Å². The second-order valence-corrected chi connectivity index (χ2v) is 8.25. The van der Waals surface area contributed by atoms with Gasteiger partial charge in [0.15, 0.2) is 0 Å². The minimum atomic E-state index is 0.238. The highest BCUT2D eigenvalue weighted by Crippen LogP contribution is 2.23. The van der Waals surface area contributed by atoms with Gasteiger partial charge in [0.1, 0.15) is 0 Å². The van der Waals surface area contributed by atoms with Crippen LogP contribution in [0, 0.1) is 0 Å². The maximum atomic E-state index is 6.06. The van der Waals surface area contributed by atoms with Gasteiger partial charge in [-0.2, -0.15) is 0 Å². The Morgan fingerprint density at radius 2 is 1.17 bits per heavy atom. The van der Waals surface area contributed by atoms with Crippen LogP contribution in [-0.4, -0.2) is 29.1 Å². The Labute approximate surface area is 183 Å². The van der Waals surface area contributed by atoms with E-state index in [0.717, 1.165) is 36.2 Å². The van der Waals surface area contributed by atoms with E-state index in [1.807, 2.05) is 30.3 Å². The molecule has 0 atom stereocenters. The van der Waals surface area contributed by atoms with Crippen molar-refractivity contribution in [1.29, 1.82) is 0 Å². The Bertz CT molecular complexity index is 881. The second-order valence-electron chi connectivity index (χ2n) is 7.38. The molecule has 0 aromatic heterocycles. The summed E-state index contributed by atoms with van der Waals surface area (Å²) in [5.41, 5.74) is 3.78. The fraction of sp³-hybridized carbons (Fsp3) is 0.200. The molecule has 0 N–H and O–H groups in total. The van der Waals surface area contributed by atoms with E-state index in [0.29, 0.717) is 0 Å². The van der Waals surface area contributed by atoms with Crippen LogP contribution in [0.15, 0.2) is 84.9 Å². The average molecular weight is 423 g/mol. The van der Waals surface area contributed by atoms with Gasteiger partial charge < -0.3 is 0 Å². The van der Waals surface area contributed by atoms with E-state index in [4.69, 9.17) is 23.2 Å². The van der Waals surface area contributed by atoms with Crippen molar-refractivity contribution in [3.8, 4) is 0 Å². The Morgan fingerprint density at radius 3 is 1.66 bits per heavy atom. The van der Waals surface area contributed by atoms with E-state index in [-0.39, 0.29) is 6.17 Å². The highest BCUT2D eigenvalue weighted by Gasteiger charge is 2.29. The van der Waals surface area contributed by atoms with E-state index in [9.17, 15) is 0 Å². The van der Waals surface area contributed by atoms with Crippen LogP contribution in [0.4, 0.5) is 0 Å². The molecule has 0 radical (unpaired) electrons. The number of benzene rings is 3. The lowest BCUT2D eigenvalue weighted by molar-refractivity contribution is 0.168. The number of halogens is 2. The lowest BCUT2D eigenvalue weighted by atomic mass is 10.1. The number of hydrogen-bond acceptors (Lipinski definition) is 2. The van der Waals surface area contributed by atoms with E-state index in [1.54, 1.807) is 0 Å². The number of rotatable bonds is 6. The molecular weight excluding hydrogens is 399 g/mol. The zero-order valence-corrected chi connectivity index (χ0v) is 17.7. The quantitative estimate of drug-likeness (QED) is 0.456. The molecule has 4 rings (SSSR count). The molecule has 0 unspecified atom stereocenters. The minimum absolute atomic E-state index is 0.238. The second kappa shape index (κ2) is 9.60. The van der Waals surface area contributed by atoms with Gasteiger partial charge in [0.25, 0.3) is 0 Å². The topological polar surface area (TPSA) is 6.48 Å². The Morgan fingerprint density at radius 1 is 0.690 bits per heavy atom. The van der Waals surface area contributed by atoms with Crippen LogP contribution in [0.3, 0.4) is 0 Å². The van der Waals surface area contributed by atoms with E-state index in [1.165, 1.54) is 16.7 Å². The molecule has 2 nitrogen and oxygen atoms in total. The molecule has 4 heteroatoms. The SMILES string of the molecule is Clc1ccc(CN2CCN(Cc3ccc(Cl)cc3)C2C=Cc2ccccc2)cc1. The third kappa shape index (κ3) is 5.49. The monoisotopic (exact) mass is 422 g/mol. The predicted molar refractivity (Wildman–Crippen MR) is 123 cm³/mol. The van der Waals surface area contributed by atoms with Crippen molar-refractivity contribution >= 4 is 29.3 Å². The van der Waals surface area contributed by atoms with Gasteiger partial charge in [-0.3, -0.25) is 9.80 Å². The summed E-state index contributed by atoms with van der Waals surface area (Å²) in [6.45, 7) is 3.86. The molecule has 29 heavy (non-hydrogen) atoms. The number of nitrogens with zero attached hydrogens (tertiary/aromatic N) is 2. The standard InChI is InChI=1S/C25H24Cl2N2/c26-23-11-6-21(7-12-23)18-28-16-17-29(19-22-8-13-24(27)14-9-22)25(28)15-10-20-4-2-1-3-5-20/h1-15,25H,16-19H2. The Hall–Kier alpha value is -2.10. The van der Waals surface area contributed by atoms with Crippen LogP contribution in [0.1, 0.15) is 16.7 Å². The normalized spacial score (nSPS) is 16.1. The van der Waals surface area contributed by atoms with Crippen molar-refractivity contribution in [3.05, 3.63) is 112 Å². The summed E-state index contributed by atoms with van der Waals surface area (Å²) in [5.74, 6) is 0. The summed E-state index contributed by atoms with van der Waals surface area (Å²) < 4.78 is 0. The highest BCUT2D eigenvalue weighted by atomic mass is 35.5. The first-order valence-electron chi connectivity index (χ1n) is 9.88. The van der Waals surface area contributed by atoms with Crippen LogP contribution < -0.4 is 0 Å². The summed E-state index contributed by atoms with van der Waals surface area (Å²) in [7, 11) is 0. The van der Waals surface area contributed by atoms with E-state index < -0.39 is 0 Å². The van der Waals surface area contributed by atoms with Crippen molar-refractivity contribution in [2.45, 2.75) is 19.3 Å².